The van der Waals surface area contributed by atoms with Gasteiger partial charge in [-0.25, -0.2) is 9.37 Å². The number of aryl methyl sites for hydroxylation is 1. The van der Waals surface area contributed by atoms with Crippen LogP contribution in [0.3, 0.4) is 0 Å². The quantitative estimate of drug-likeness (QED) is 0.894. The first-order chi connectivity index (χ1) is 11.5. The van der Waals surface area contributed by atoms with Crippen molar-refractivity contribution >= 4 is 11.3 Å². The summed E-state index contributed by atoms with van der Waals surface area (Å²) in [5, 5.41) is 10.9. The summed E-state index contributed by atoms with van der Waals surface area (Å²) in [7, 11) is 0. The maximum atomic E-state index is 13.2. The molecule has 0 aliphatic carbocycles. The fourth-order valence-electron chi connectivity index (χ4n) is 2.67. The van der Waals surface area contributed by atoms with E-state index in [9.17, 15) is 9.50 Å². The van der Waals surface area contributed by atoms with Crippen molar-refractivity contribution in [3.8, 4) is 5.75 Å². The highest BCUT2D eigenvalue weighted by molar-refractivity contribution is 7.09. The predicted octanol–water partition coefficient (Wildman–Crippen LogP) is 2.23. The second kappa shape index (κ2) is 7.57. The summed E-state index contributed by atoms with van der Waals surface area (Å²) in [5.41, 5.74) is 1.71. The van der Waals surface area contributed by atoms with Gasteiger partial charge in [0.05, 0.1) is 24.4 Å². The van der Waals surface area contributed by atoms with Crippen LogP contribution >= 0.6 is 11.3 Å². The molecule has 24 heavy (non-hydrogen) atoms. The fraction of sp³-hybridized carbons (Fsp3) is 0.471. The van der Waals surface area contributed by atoms with E-state index in [-0.39, 0.29) is 19.0 Å². The molecule has 130 valence electrons. The van der Waals surface area contributed by atoms with E-state index in [1.165, 1.54) is 17.0 Å². The Morgan fingerprint density at radius 3 is 3.12 bits per heavy atom. The number of rotatable bonds is 5. The van der Waals surface area contributed by atoms with Crippen LogP contribution in [0.2, 0.25) is 0 Å². The van der Waals surface area contributed by atoms with Crippen LogP contribution in [-0.2, 0) is 11.3 Å². The molecule has 0 bridgehead atoms. The molecular weight excluding hydrogens is 331 g/mol. The lowest BCUT2D eigenvalue weighted by Crippen LogP contribution is -2.48. The van der Waals surface area contributed by atoms with Crippen LogP contribution in [0, 0.1) is 12.7 Å². The molecule has 1 atom stereocenters. The molecule has 1 fully saturated rings. The summed E-state index contributed by atoms with van der Waals surface area (Å²) < 4.78 is 24.4. The van der Waals surface area contributed by atoms with Crippen LogP contribution in [0.15, 0.2) is 29.8 Å². The van der Waals surface area contributed by atoms with Gasteiger partial charge in [0.2, 0.25) is 0 Å². The fourth-order valence-corrected chi connectivity index (χ4v) is 3.49. The van der Waals surface area contributed by atoms with Crippen molar-refractivity contribution in [3.63, 3.8) is 0 Å². The van der Waals surface area contributed by atoms with E-state index in [4.69, 9.17) is 9.47 Å². The Hall–Kier alpha value is -1.54. The average Bonchev–Trinajstić information content (AvgIpc) is 2.85. The Morgan fingerprint density at radius 1 is 1.50 bits per heavy atom. The summed E-state index contributed by atoms with van der Waals surface area (Å²) in [5.74, 6) is 0.0384. The van der Waals surface area contributed by atoms with Crippen molar-refractivity contribution in [1.82, 2.24) is 9.88 Å². The molecule has 2 aromatic rings. The zero-order valence-electron chi connectivity index (χ0n) is 13.6. The van der Waals surface area contributed by atoms with Crippen LogP contribution < -0.4 is 4.74 Å². The van der Waals surface area contributed by atoms with Gasteiger partial charge in [0, 0.05) is 30.6 Å². The maximum Gasteiger partial charge on any atom is 0.134 e. The number of ether oxygens (including phenoxy) is 2. The molecule has 1 N–H and O–H groups in total. The van der Waals surface area contributed by atoms with E-state index in [0.717, 1.165) is 18.8 Å². The molecule has 5 nitrogen and oxygen atoms in total. The topological polar surface area (TPSA) is 54.8 Å². The molecular formula is C17H21FN2O3S. The Balaban J connectivity index is 1.63. The highest BCUT2D eigenvalue weighted by Gasteiger charge is 2.34. The van der Waals surface area contributed by atoms with E-state index >= 15 is 0 Å². The third-order valence-electron chi connectivity index (χ3n) is 3.96. The minimum absolute atomic E-state index is 0.0502. The maximum absolute atomic E-state index is 13.2. The van der Waals surface area contributed by atoms with Crippen LogP contribution in [0.5, 0.6) is 5.75 Å². The number of halogens is 1. The third kappa shape index (κ3) is 4.51. The molecule has 1 aromatic carbocycles. The molecule has 1 unspecified atom stereocenters. The first-order valence-corrected chi connectivity index (χ1v) is 8.72. The zero-order valence-corrected chi connectivity index (χ0v) is 14.4. The highest BCUT2D eigenvalue weighted by Crippen LogP contribution is 2.21. The second-order valence-electron chi connectivity index (χ2n) is 6.09. The number of thiazole rings is 1. The minimum atomic E-state index is -1.14. The summed E-state index contributed by atoms with van der Waals surface area (Å²) in [4.78, 5) is 7.59. The third-order valence-corrected chi connectivity index (χ3v) is 4.88. The number of hydrogen-bond donors (Lipinski definition) is 1. The lowest BCUT2D eigenvalue weighted by molar-refractivity contribution is -0.0646. The second-order valence-corrected chi connectivity index (χ2v) is 7.03. The van der Waals surface area contributed by atoms with Gasteiger partial charge >= 0.3 is 0 Å². The van der Waals surface area contributed by atoms with Gasteiger partial charge in [-0.1, -0.05) is 6.07 Å². The van der Waals surface area contributed by atoms with Crippen LogP contribution in [0.25, 0.3) is 0 Å². The number of aliphatic hydroxyl groups is 1. The molecule has 0 amide bonds. The first kappa shape index (κ1) is 17.3. The molecule has 2 heterocycles. The molecule has 7 heteroatoms. The van der Waals surface area contributed by atoms with Crippen LogP contribution in [0.4, 0.5) is 4.39 Å². The molecule has 3 rings (SSSR count). The SMILES string of the molecule is Cc1ncsc1CN1CCOCC(O)(COc2cccc(F)c2)C1. The average molecular weight is 352 g/mol. The number of aromatic nitrogens is 1. The largest absolute Gasteiger partial charge is 0.490 e. The zero-order chi connectivity index (χ0) is 17.0. The van der Waals surface area contributed by atoms with Crippen molar-refractivity contribution in [3.05, 3.63) is 46.2 Å². The van der Waals surface area contributed by atoms with Gasteiger partial charge in [-0.3, -0.25) is 4.90 Å². The molecule has 1 saturated heterocycles. The number of β-amino-alcohol motifs (C(OH)–C–C–N with tert-alkyl or cyclic N) is 1. The highest BCUT2D eigenvalue weighted by atomic mass is 32.1. The van der Waals surface area contributed by atoms with Crippen molar-refractivity contribution in [2.75, 3.05) is 32.9 Å². The van der Waals surface area contributed by atoms with Gasteiger partial charge in [0.25, 0.3) is 0 Å². The molecule has 0 radical (unpaired) electrons. The van der Waals surface area contributed by atoms with E-state index in [1.54, 1.807) is 23.5 Å². The summed E-state index contributed by atoms with van der Waals surface area (Å²) in [6.07, 6.45) is 0. The Labute approximate surface area is 144 Å². The van der Waals surface area contributed by atoms with Gasteiger partial charge in [-0.15, -0.1) is 11.3 Å². The van der Waals surface area contributed by atoms with Gasteiger partial charge in [0.15, 0.2) is 0 Å². The normalized spacial score (nSPS) is 22.3. The van der Waals surface area contributed by atoms with Crippen molar-refractivity contribution < 1.29 is 19.0 Å². The number of benzene rings is 1. The Kier molecular flexibility index (Phi) is 5.45. The molecule has 1 aliphatic rings. The number of hydrogen-bond acceptors (Lipinski definition) is 6. The summed E-state index contributed by atoms with van der Waals surface area (Å²) in [6, 6.07) is 5.91. The van der Waals surface area contributed by atoms with Crippen molar-refractivity contribution in [2.45, 2.75) is 19.1 Å². The van der Waals surface area contributed by atoms with Crippen LogP contribution in [0.1, 0.15) is 10.6 Å². The van der Waals surface area contributed by atoms with Crippen molar-refractivity contribution in [2.24, 2.45) is 0 Å². The lowest BCUT2D eigenvalue weighted by atomic mass is 10.1. The van der Waals surface area contributed by atoms with Crippen molar-refractivity contribution in [1.29, 1.82) is 0 Å². The summed E-state index contributed by atoms with van der Waals surface area (Å²) in [6.45, 7) is 4.68. The standard InChI is InChI=1S/C17H21FN2O3S/c1-13-16(24-12-19-13)8-20-5-6-22-10-17(21,9-20)11-23-15-4-2-3-14(18)7-15/h2-4,7,12,21H,5-6,8-11H2,1H3. The number of nitrogens with zero attached hydrogens (tertiary/aromatic N) is 2. The van der Waals surface area contributed by atoms with E-state index in [2.05, 4.69) is 9.88 Å². The molecule has 0 saturated carbocycles. The van der Waals surface area contributed by atoms with Gasteiger partial charge in [-0.2, -0.15) is 0 Å². The van der Waals surface area contributed by atoms with Gasteiger partial charge in [0.1, 0.15) is 23.8 Å². The Morgan fingerprint density at radius 2 is 2.38 bits per heavy atom. The van der Waals surface area contributed by atoms with E-state index in [0.29, 0.717) is 18.9 Å². The predicted molar refractivity (Wildman–Crippen MR) is 89.8 cm³/mol. The van der Waals surface area contributed by atoms with Gasteiger partial charge in [-0.05, 0) is 19.1 Å². The molecule has 0 spiro atoms. The molecule has 1 aliphatic heterocycles. The van der Waals surface area contributed by atoms with Crippen LogP contribution in [-0.4, -0.2) is 53.5 Å². The van der Waals surface area contributed by atoms with E-state index < -0.39 is 5.60 Å². The summed E-state index contributed by atoms with van der Waals surface area (Å²) >= 11 is 1.61. The van der Waals surface area contributed by atoms with Gasteiger partial charge < -0.3 is 14.6 Å². The molecule has 1 aromatic heterocycles. The minimum Gasteiger partial charge on any atom is -0.490 e. The smallest absolute Gasteiger partial charge is 0.134 e. The monoisotopic (exact) mass is 352 g/mol. The lowest BCUT2D eigenvalue weighted by Gasteiger charge is -2.30. The Bertz CT molecular complexity index is 681. The van der Waals surface area contributed by atoms with E-state index in [1.807, 2.05) is 12.4 Å². The first-order valence-electron chi connectivity index (χ1n) is 7.84.